The molecule has 1 aromatic rings. The Bertz CT molecular complexity index is 401. The number of nitrogens with two attached hydrogens (primary N) is 1. The molecular formula is C17H28N2. The first-order chi connectivity index (χ1) is 9.07. The van der Waals surface area contributed by atoms with Crippen LogP contribution in [0, 0.1) is 5.41 Å². The monoisotopic (exact) mass is 260 g/mol. The van der Waals surface area contributed by atoms with E-state index in [-0.39, 0.29) is 0 Å². The molecule has 0 bridgehead atoms. The second-order valence-corrected chi connectivity index (χ2v) is 6.50. The molecule has 2 rings (SSSR count). The summed E-state index contributed by atoms with van der Waals surface area (Å²) in [4.78, 5) is 2.58. The van der Waals surface area contributed by atoms with Gasteiger partial charge in [0.25, 0.3) is 0 Å². The SMILES string of the molecule is CCc1ccccc1C(CN)N1CCC(C)(C)CC1. The highest BCUT2D eigenvalue weighted by Gasteiger charge is 2.29. The molecule has 19 heavy (non-hydrogen) atoms. The minimum atomic E-state index is 0.396. The third kappa shape index (κ3) is 3.37. The van der Waals surface area contributed by atoms with Crippen molar-refractivity contribution in [2.45, 2.75) is 46.1 Å². The van der Waals surface area contributed by atoms with Crippen LogP contribution in [0.25, 0.3) is 0 Å². The van der Waals surface area contributed by atoms with Gasteiger partial charge in [-0.25, -0.2) is 0 Å². The van der Waals surface area contributed by atoms with Gasteiger partial charge < -0.3 is 5.73 Å². The fourth-order valence-electron chi connectivity index (χ4n) is 3.10. The van der Waals surface area contributed by atoms with E-state index < -0.39 is 0 Å². The second-order valence-electron chi connectivity index (χ2n) is 6.50. The maximum absolute atomic E-state index is 6.09. The van der Waals surface area contributed by atoms with E-state index in [9.17, 15) is 0 Å². The molecular weight excluding hydrogens is 232 g/mol. The zero-order valence-corrected chi connectivity index (χ0v) is 12.7. The van der Waals surface area contributed by atoms with Gasteiger partial charge in [0.15, 0.2) is 0 Å². The number of piperidine rings is 1. The van der Waals surface area contributed by atoms with E-state index in [4.69, 9.17) is 5.73 Å². The maximum atomic E-state index is 6.09. The number of hydrogen-bond acceptors (Lipinski definition) is 2. The highest BCUT2D eigenvalue weighted by atomic mass is 15.2. The van der Waals surface area contributed by atoms with Crippen molar-refractivity contribution in [3.8, 4) is 0 Å². The van der Waals surface area contributed by atoms with E-state index in [1.165, 1.54) is 37.1 Å². The number of aryl methyl sites for hydroxylation is 1. The topological polar surface area (TPSA) is 29.3 Å². The molecule has 2 nitrogen and oxygen atoms in total. The van der Waals surface area contributed by atoms with Crippen molar-refractivity contribution >= 4 is 0 Å². The van der Waals surface area contributed by atoms with Crippen LogP contribution in [-0.2, 0) is 6.42 Å². The Morgan fingerprint density at radius 2 is 1.84 bits per heavy atom. The molecule has 0 saturated carbocycles. The van der Waals surface area contributed by atoms with Gasteiger partial charge in [0, 0.05) is 12.6 Å². The molecule has 0 radical (unpaired) electrons. The van der Waals surface area contributed by atoms with Crippen molar-refractivity contribution in [2.24, 2.45) is 11.1 Å². The van der Waals surface area contributed by atoms with Crippen LogP contribution in [0.3, 0.4) is 0 Å². The zero-order chi connectivity index (χ0) is 13.9. The molecule has 0 aliphatic carbocycles. The summed E-state index contributed by atoms with van der Waals surface area (Å²) >= 11 is 0. The lowest BCUT2D eigenvalue weighted by Crippen LogP contribution is -2.42. The van der Waals surface area contributed by atoms with Crippen LogP contribution in [0.5, 0.6) is 0 Å². The van der Waals surface area contributed by atoms with Crippen LogP contribution in [0.15, 0.2) is 24.3 Å². The molecule has 0 spiro atoms. The molecule has 1 aromatic carbocycles. The first-order valence-corrected chi connectivity index (χ1v) is 7.59. The van der Waals surface area contributed by atoms with E-state index in [2.05, 4.69) is 49.9 Å². The average molecular weight is 260 g/mol. The zero-order valence-electron chi connectivity index (χ0n) is 12.7. The molecule has 2 heteroatoms. The lowest BCUT2D eigenvalue weighted by Gasteiger charge is -2.41. The highest BCUT2D eigenvalue weighted by Crippen LogP contribution is 2.34. The van der Waals surface area contributed by atoms with Crippen molar-refractivity contribution in [2.75, 3.05) is 19.6 Å². The lowest BCUT2D eigenvalue weighted by molar-refractivity contribution is 0.0961. The molecule has 1 aliphatic rings. The molecule has 2 N–H and O–H groups in total. The van der Waals surface area contributed by atoms with E-state index in [1.807, 2.05) is 0 Å². The van der Waals surface area contributed by atoms with Gasteiger partial charge in [-0.15, -0.1) is 0 Å². The molecule has 0 aromatic heterocycles. The Kier molecular flexibility index (Phi) is 4.64. The predicted molar refractivity (Wildman–Crippen MR) is 82.2 cm³/mol. The standard InChI is InChI=1S/C17H28N2/c1-4-14-7-5-6-8-15(14)16(13-18)19-11-9-17(2,3)10-12-19/h5-8,16H,4,9-13,18H2,1-3H3. The number of rotatable bonds is 4. The molecule has 1 atom stereocenters. The minimum absolute atomic E-state index is 0.396. The van der Waals surface area contributed by atoms with Crippen LogP contribution in [-0.4, -0.2) is 24.5 Å². The summed E-state index contributed by atoms with van der Waals surface area (Å²) in [5.74, 6) is 0. The average Bonchev–Trinajstić information content (AvgIpc) is 2.42. The third-order valence-corrected chi connectivity index (χ3v) is 4.61. The quantitative estimate of drug-likeness (QED) is 0.899. The van der Waals surface area contributed by atoms with Crippen LogP contribution in [0.4, 0.5) is 0 Å². The Morgan fingerprint density at radius 1 is 1.21 bits per heavy atom. The summed E-state index contributed by atoms with van der Waals surface area (Å²) in [6, 6.07) is 9.18. The predicted octanol–water partition coefficient (Wildman–Crippen LogP) is 3.37. The van der Waals surface area contributed by atoms with Crippen molar-refractivity contribution in [3.05, 3.63) is 35.4 Å². The Labute approximate surface area is 118 Å². The van der Waals surface area contributed by atoms with E-state index in [0.29, 0.717) is 11.5 Å². The first-order valence-electron chi connectivity index (χ1n) is 7.59. The van der Waals surface area contributed by atoms with Crippen molar-refractivity contribution < 1.29 is 0 Å². The van der Waals surface area contributed by atoms with E-state index >= 15 is 0 Å². The van der Waals surface area contributed by atoms with Crippen LogP contribution in [0.2, 0.25) is 0 Å². The molecule has 0 amide bonds. The molecule has 1 saturated heterocycles. The summed E-state index contributed by atoms with van der Waals surface area (Å²) in [5, 5.41) is 0. The smallest absolute Gasteiger partial charge is 0.0473 e. The van der Waals surface area contributed by atoms with Crippen molar-refractivity contribution in [1.29, 1.82) is 0 Å². The van der Waals surface area contributed by atoms with Crippen molar-refractivity contribution in [3.63, 3.8) is 0 Å². The van der Waals surface area contributed by atoms with Gasteiger partial charge in [-0.3, -0.25) is 4.90 Å². The van der Waals surface area contributed by atoms with Gasteiger partial charge in [0.1, 0.15) is 0 Å². The molecule has 1 fully saturated rings. The first kappa shape index (κ1) is 14.5. The molecule has 1 aliphatic heterocycles. The fraction of sp³-hybridized carbons (Fsp3) is 0.647. The van der Waals surface area contributed by atoms with E-state index in [0.717, 1.165) is 13.0 Å². The van der Waals surface area contributed by atoms with Crippen LogP contribution in [0.1, 0.15) is 50.8 Å². The largest absolute Gasteiger partial charge is 0.329 e. The normalized spacial score (nSPS) is 21.3. The van der Waals surface area contributed by atoms with Gasteiger partial charge in [-0.2, -0.15) is 0 Å². The maximum Gasteiger partial charge on any atom is 0.0473 e. The highest BCUT2D eigenvalue weighted by molar-refractivity contribution is 5.30. The van der Waals surface area contributed by atoms with Gasteiger partial charge in [-0.1, -0.05) is 45.0 Å². The summed E-state index contributed by atoms with van der Waals surface area (Å²) in [6.07, 6.45) is 3.64. The second kappa shape index (κ2) is 6.06. The van der Waals surface area contributed by atoms with Gasteiger partial charge >= 0.3 is 0 Å². The summed E-state index contributed by atoms with van der Waals surface area (Å²) in [5.41, 5.74) is 9.47. The number of nitrogens with zero attached hydrogens (tertiary/aromatic N) is 1. The molecule has 106 valence electrons. The number of likely N-dealkylation sites (tertiary alicyclic amines) is 1. The van der Waals surface area contributed by atoms with Crippen LogP contribution >= 0.6 is 0 Å². The minimum Gasteiger partial charge on any atom is -0.329 e. The van der Waals surface area contributed by atoms with Crippen LogP contribution < -0.4 is 5.73 Å². The van der Waals surface area contributed by atoms with Gasteiger partial charge in [0.2, 0.25) is 0 Å². The number of hydrogen-bond donors (Lipinski definition) is 1. The Balaban J connectivity index is 2.16. The van der Waals surface area contributed by atoms with Gasteiger partial charge in [0.05, 0.1) is 0 Å². The Morgan fingerprint density at radius 3 is 2.42 bits per heavy atom. The van der Waals surface area contributed by atoms with Gasteiger partial charge in [-0.05, 0) is 48.9 Å². The Hall–Kier alpha value is -0.860. The fourth-order valence-corrected chi connectivity index (χ4v) is 3.10. The van der Waals surface area contributed by atoms with E-state index in [1.54, 1.807) is 0 Å². The molecule has 1 unspecified atom stereocenters. The number of benzene rings is 1. The summed E-state index contributed by atoms with van der Waals surface area (Å²) in [6.45, 7) is 10.0. The summed E-state index contributed by atoms with van der Waals surface area (Å²) < 4.78 is 0. The summed E-state index contributed by atoms with van der Waals surface area (Å²) in [7, 11) is 0. The van der Waals surface area contributed by atoms with Crippen molar-refractivity contribution in [1.82, 2.24) is 4.90 Å². The lowest BCUT2D eigenvalue weighted by atomic mass is 9.81. The third-order valence-electron chi connectivity index (χ3n) is 4.61. The molecule has 1 heterocycles.